The Hall–Kier alpha value is -4.03. The summed E-state index contributed by atoms with van der Waals surface area (Å²) in [5, 5.41) is 14.3. The van der Waals surface area contributed by atoms with Crippen molar-refractivity contribution in [3.05, 3.63) is 113 Å². The van der Waals surface area contributed by atoms with E-state index >= 15 is 0 Å². The van der Waals surface area contributed by atoms with Crippen molar-refractivity contribution in [1.29, 1.82) is 0 Å². The zero-order valence-electron chi connectivity index (χ0n) is 43.2. The molecule has 0 saturated carbocycles. The summed E-state index contributed by atoms with van der Waals surface area (Å²) in [5.74, 6) is 1.17. The predicted molar refractivity (Wildman–Crippen MR) is 280 cm³/mol. The van der Waals surface area contributed by atoms with E-state index in [-0.39, 0.29) is 44.9 Å². The molecule has 0 radical (unpaired) electrons. The van der Waals surface area contributed by atoms with E-state index in [1.807, 2.05) is 37.3 Å². The largest absolute Gasteiger partial charge is 0.394 e. The van der Waals surface area contributed by atoms with Gasteiger partial charge in [-0.2, -0.15) is 0 Å². The van der Waals surface area contributed by atoms with E-state index in [1.165, 1.54) is 58.8 Å². The second-order valence-electron chi connectivity index (χ2n) is 15.8. The van der Waals surface area contributed by atoms with Crippen LogP contribution >= 0.6 is 42.6 Å². The van der Waals surface area contributed by atoms with Gasteiger partial charge in [0.2, 0.25) is 32.6 Å². The van der Waals surface area contributed by atoms with Gasteiger partial charge in [0.05, 0.1) is 25.3 Å². The average molecular weight is 1130 g/mol. The molecule has 0 aromatic carbocycles. The van der Waals surface area contributed by atoms with Gasteiger partial charge in [-0.1, -0.05) is 12.2 Å². The minimum absolute atomic E-state index is 0.0712. The van der Waals surface area contributed by atoms with E-state index in [0.717, 1.165) is 27.1 Å². The summed E-state index contributed by atoms with van der Waals surface area (Å²) >= 11 is 6.14. The van der Waals surface area contributed by atoms with E-state index in [1.54, 1.807) is 0 Å². The lowest BCUT2D eigenvalue weighted by Crippen LogP contribution is -2.41. The van der Waals surface area contributed by atoms with Crippen LogP contribution in [0.5, 0.6) is 0 Å². The van der Waals surface area contributed by atoms with Gasteiger partial charge in [0.15, 0.2) is 0 Å². The summed E-state index contributed by atoms with van der Waals surface area (Å²) in [5.41, 5.74) is -2.61. The summed E-state index contributed by atoms with van der Waals surface area (Å²) in [6.07, 6.45) is 5.07. The highest BCUT2D eigenvalue weighted by Gasteiger charge is 2.29. The number of rotatable bonds is 30. The molecule has 0 bridgehead atoms. The van der Waals surface area contributed by atoms with Crippen molar-refractivity contribution in [1.82, 2.24) is 39.1 Å². The molecular weight excluding hydrogens is 1060 g/mol. The lowest BCUT2D eigenvalue weighted by molar-refractivity contribution is -0.123. The fraction of sp³-hybridized carbons (Fsp3) is 0.619. The van der Waals surface area contributed by atoms with Crippen molar-refractivity contribution in [2.24, 2.45) is 0 Å². The molecule has 0 fully saturated rings. The molecule has 2 aromatic heterocycles. The topological polar surface area (TPSA) is 302 Å². The van der Waals surface area contributed by atoms with Gasteiger partial charge in [-0.05, 0) is 66.6 Å². The Morgan fingerprint density at radius 1 is 0.699 bits per heavy atom. The molecule has 2 amide bonds. The van der Waals surface area contributed by atoms with E-state index in [4.69, 9.17) is 47.0 Å². The molecule has 0 aliphatic rings. The maximum absolute atomic E-state index is 12.7. The Labute approximate surface area is 433 Å². The quantitative estimate of drug-likeness (QED) is 0.0397. The number of carbonyl (C=O) groups excluding carboxylic acids is 2. The summed E-state index contributed by atoms with van der Waals surface area (Å²) in [6, 6.07) is 1.46. The van der Waals surface area contributed by atoms with Crippen molar-refractivity contribution >= 4 is 54.4 Å². The van der Waals surface area contributed by atoms with Crippen molar-refractivity contribution in [3.63, 3.8) is 0 Å². The molecule has 4 unspecified atom stereocenters. The van der Waals surface area contributed by atoms with Crippen molar-refractivity contribution in [2.45, 2.75) is 105 Å². The Balaban J connectivity index is 0.00000119. The zero-order valence-corrected chi connectivity index (χ0v) is 47.5. The first-order valence-electron chi connectivity index (χ1n) is 22.3. The molecule has 2 rings (SSSR count). The van der Waals surface area contributed by atoms with Crippen LogP contribution in [0.25, 0.3) is 9.69 Å². The maximum Gasteiger partial charge on any atom is 0.353 e. The Morgan fingerprint density at radius 2 is 1.08 bits per heavy atom. The molecule has 31 heteroatoms. The van der Waals surface area contributed by atoms with Gasteiger partial charge in [-0.3, -0.25) is 47.4 Å². The minimum Gasteiger partial charge on any atom is -0.394 e. The number of aromatic amines is 2. The third kappa shape index (κ3) is 27.9. The molecule has 0 aliphatic carbocycles. The SMILES string of the molecule is COP(=O)(/C=C/C(CO)NC(=O)Cn1ccc(=O)[nH]c1=O)OC.[C-]#[N+]CCOP(Cl)N(C(C)C)C(C)C.[C-]#[N+]CCOP(OCC(/C=C/P(=O)(OC)OC)NC(=O)Cn1ccc(=O)[nH]c1=O)N(C(C)C)C(C)C. The molecule has 0 spiro atoms. The number of H-pyrrole nitrogens is 2. The molecule has 5 N–H and O–H groups in total. The van der Waals surface area contributed by atoms with Gasteiger partial charge in [-0.25, -0.2) is 32.1 Å². The number of carbonyl (C=O) groups is 2. The van der Waals surface area contributed by atoms with Gasteiger partial charge >= 0.3 is 26.6 Å². The minimum atomic E-state index is -3.53. The lowest BCUT2D eigenvalue weighted by atomic mass is 10.3. The Kier molecular flexibility index (Phi) is 34.8. The smallest absolute Gasteiger partial charge is 0.353 e. The molecular formula is C42H71ClN10O16P4. The second-order valence-corrected chi connectivity index (χ2v) is 23.5. The standard InChI is InChI=1S/C21H35N5O8P2.C12H18N3O7P.C9H18ClN2OP/c1-16(2)26(17(3)4)35(33-12-10-22-5)34-15-18(9-13-36(30,31-6)32-7)23-20(28)14-25-11-8-19(27)24-21(25)29;1-21-23(20,22-2)6-4-9(8-16)13-11(18)7-15-5-3-10(17)14-12(15)19;1-8(2)12(9(3)4)14(10)13-7-6-11-5/h8-9,11,13,16-18H,10,12,14-15H2,1-4,6-7H3,(H,23,28)(H,24,27,29);3-6,9,16H,7-8H2,1-2H3,(H,13,18)(H,14,17,19);8-9H,6-7H2,1-4H3/b13-9+;6-4+;. The summed E-state index contributed by atoms with van der Waals surface area (Å²) in [4.78, 5) is 80.7. The zero-order chi connectivity index (χ0) is 55.9. The number of amides is 2. The first-order chi connectivity index (χ1) is 34.3. The van der Waals surface area contributed by atoms with Crippen molar-refractivity contribution in [3.8, 4) is 0 Å². The third-order valence-corrected chi connectivity index (χ3v) is 16.7. The molecule has 26 nitrogen and oxygen atoms in total. The normalized spacial score (nSPS) is 13.6. The van der Waals surface area contributed by atoms with Crippen molar-refractivity contribution < 1.29 is 55.5 Å². The third-order valence-electron chi connectivity index (χ3n) is 8.99. The van der Waals surface area contributed by atoms with Gasteiger partial charge in [0.25, 0.3) is 19.6 Å². The molecule has 0 aliphatic heterocycles. The van der Waals surface area contributed by atoms with Crippen LogP contribution in [0.15, 0.2) is 67.5 Å². The molecule has 0 saturated heterocycles. The number of nitrogens with one attached hydrogen (secondary N) is 4. The summed E-state index contributed by atoms with van der Waals surface area (Å²) in [7, 11) is -4.75. The van der Waals surface area contributed by atoms with E-state index in [2.05, 4.69) is 66.7 Å². The summed E-state index contributed by atoms with van der Waals surface area (Å²) < 4.78 is 67.0. The number of aliphatic hydroxyl groups is 1. The van der Waals surface area contributed by atoms with E-state index in [9.17, 15) is 43.0 Å². The van der Waals surface area contributed by atoms with Crippen LogP contribution in [-0.4, -0.2) is 150 Å². The van der Waals surface area contributed by atoms with Crippen LogP contribution in [-0.2, 0) is 63.5 Å². The van der Waals surface area contributed by atoms with E-state index in [0.29, 0.717) is 25.2 Å². The van der Waals surface area contributed by atoms with E-state index < -0.39 is 84.4 Å². The number of nitrogens with zero attached hydrogens (tertiary/aromatic N) is 6. The molecule has 73 heavy (non-hydrogen) atoms. The molecule has 2 aromatic rings. The highest BCUT2D eigenvalue weighted by Crippen LogP contribution is 2.50. The van der Waals surface area contributed by atoms with Crippen LogP contribution in [0.3, 0.4) is 0 Å². The number of aliphatic hydroxyl groups excluding tert-OH is 1. The van der Waals surface area contributed by atoms with Gasteiger partial charge in [-0.15, -0.1) is 0 Å². The average Bonchev–Trinajstić information content (AvgIpc) is 3.32. The van der Waals surface area contributed by atoms with Crippen LogP contribution < -0.4 is 33.1 Å². The fourth-order valence-corrected chi connectivity index (χ4v) is 11.3. The lowest BCUT2D eigenvalue weighted by Gasteiger charge is -2.35. The maximum atomic E-state index is 12.7. The number of aromatic nitrogens is 4. The van der Waals surface area contributed by atoms with Gasteiger partial charge in [0, 0.05) is 88.8 Å². The van der Waals surface area contributed by atoms with Crippen LogP contribution in [0.1, 0.15) is 55.4 Å². The first-order valence-corrected chi connectivity index (χ1v) is 28.7. The first kappa shape index (κ1) is 69.0. The molecule has 4 atom stereocenters. The second kappa shape index (κ2) is 36.8. The van der Waals surface area contributed by atoms with Crippen molar-refractivity contribution in [2.75, 3.05) is 68.0 Å². The van der Waals surface area contributed by atoms with Gasteiger partial charge < -0.3 is 57.1 Å². The van der Waals surface area contributed by atoms with Crippen LogP contribution in [0.4, 0.5) is 0 Å². The summed E-state index contributed by atoms with van der Waals surface area (Å²) in [6.45, 7) is 29.8. The highest BCUT2D eigenvalue weighted by atomic mass is 35.7. The number of halogens is 1. The number of hydrogen-bond donors (Lipinski definition) is 5. The van der Waals surface area contributed by atoms with Crippen LogP contribution in [0, 0.1) is 13.1 Å². The Morgan fingerprint density at radius 3 is 1.44 bits per heavy atom. The van der Waals surface area contributed by atoms with Crippen LogP contribution in [0.2, 0.25) is 0 Å². The van der Waals surface area contributed by atoms with Gasteiger partial charge in [0.1, 0.15) is 26.3 Å². The number of hydrogen-bond acceptors (Lipinski definition) is 18. The highest BCUT2D eigenvalue weighted by molar-refractivity contribution is 7.78. The molecule has 412 valence electrons. The fourth-order valence-electron chi connectivity index (χ4n) is 5.70. The molecule has 2 heterocycles. The Bertz CT molecular complexity index is 2420. The predicted octanol–water partition coefficient (Wildman–Crippen LogP) is 4.84. The monoisotopic (exact) mass is 1130 g/mol.